The van der Waals surface area contributed by atoms with E-state index in [9.17, 15) is 13.2 Å². The molecule has 0 amide bonds. The summed E-state index contributed by atoms with van der Waals surface area (Å²) in [6.07, 6.45) is -6.62. The van der Waals surface area contributed by atoms with Crippen molar-refractivity contribution in [1.82, 2.24) is 0 Å². The highest BCUT2D eigenvalue weighted by molar-refractivity contribution is 9.10. The third-order valence-electron chi connectivity index (χ3n) is 1.95. The van der Waals surface area contributed by atoms with E-state index in [-0.39, 0.29) is 10.8 Å². The monoisotopic (exact) mass is 331 g/mol. The van der Waals surface area contributed by atoms with Gasteiger partial charge in [0.15, 0.2) is 0 Å². The topological polar surface area (TPSA) is 35.2 Å². The van der Waals surface area contributed by atoms with Crippen LogP contribution >= 0.6 is 27.5 Å². The number of hydrogen-bond acceptors (Lipinski definition) is 2. The van der Waals surface area contributed by atoms with Gasteiger partial charge < -0.3 is 10.5 Å². The zero-order chi connectivity index (χ0) is 13.2. The molecule has 0 aromatic heterocycles. The Kier molecular flexibility index (Phi) is 4.69. The van der Waals surface area contributed by atoms with Crippen LogP contribution in [0.2, 0.25) is 5.02 Å². The zero-order valence-corrected chi connectivity index (χ0v) is 11.1. The third kappa shape index (κ3) is 4.04. The first-order valence-electron chi connectivity index (χ1n) is 4.66. The molecule has 2 atom stereocenters. The average Bonchev–Trinajstić information content (AvgIpc) is 2.13. The lowest BCUT2D eigenvalue weighted by Gasteiger charge is -2.25. The highest BCUT2D eigenvalue weighted by Gasteiger charge is 2.44. The first-order valence-corrected chi connectivity index (χ1v) is 5.83. The molecule has 7 heteroatoms. The van der Waals surface area contributed by atoms with Crippen molar-refractivity contribution in [3.63, 3.8) is 0 Å². The Morgan fingerprint density at radius 3 is 2.41 bits per heavy atom. The number of alkyl halides is 3. The lowest BCUT2D eigenvalue weighted by molar-refractivity contribution is -0.199. The van der Waals surface area contributed by atoms with Crippen LogP contribution in [-0.4, -0.2) is 18.3 Å². The van der Waals surface area contributed by atoms with E-state index in [4.69, 9.17) is 22.1 Å². The molecule has 0 aliphatic rings. The highest BCUT2D eigenvalue weighted by atomic mass is 79.9. The first kappa shape index (κ1) is 14.6. The predicted octanol–water partition coefficient (Wildman–Crippen LogP) is 3.76. The van der Waals surface area contributed by atoms with Crippen LogP contribution in [0.1, 0.15) is 6.92 Å². The maximum Gasteiger partial charge on any atom is 0.426 e. The maximum atomic E-state index is 12.6. The van der Waals surface area contributed by atoms with E-state index >= 15 is 0 Å². The van der Waals surface area contributed by atoms with Crippen LogP contribution in [0.4, 0.5) is 13.2 Å². The van der Waals surface area contributed by atoms with Gasteiger partial charge in [0.1, 0.15) is 5.75 Å². The van der Waals surface area contributed by atoms with Crippen molar-refractivity contribution in [2.45, 2.75) is 25.2 Å². The Morgan fingerprint density at radius 1 is 1.41 bits per heavy atom. The molecule has 17 heavy (non-hydrogen) atoms. The summed E-state index contributed by atoms with van der Waals surface area (Å²) in [4.78, 5) is 0. The summed E-state index contributed by atoms with van der Waals surface area (Å²) in [6.45, 7) is 1.23. The summed E-state index contributed by atoms with van der Waals surface area (Å²) >= 11 is 8.91. The van der Waals surface area contributed by atoms with E-state index in [1.54, 1.807) is 0 Å². The number of rotatable bonds is 3. The van der Waals surface area contributed by atoms with E-state index in [1.165, 1.54) is 25.1 Å². The second-order valence-corrected chi connectivity index (χ2v) is 4.84. The van der Waals surface area contributed by atoms with Gasteiger partial charge in [0, 0.05) is 10.5 Å². The van der Waals surface area contributed by atoms with Gasteiger partial charge in [-0.2, -0.15) is 13.2 Å². The van der Waals surface area contributed by atoms with Crippen LogP contribution in [0.25, 0.3) is 0 Å². The molecule has 0 aliphatic carbocycles. The van der Waals surface area contributed by atoms with E-state index in [0.29, 0.717) is 4.47 Å². The minimum Gasteiger partial charge on any atom is -0.478 e. The molecular weight excluding hydrogens is 322 g/mol. The fourth-order valence-electron chi connectivity index (χ4n) is 1.18. The van der Waals surface area contributed by atoms with Gasteiger partial charge in [-0.3, -0.25) is 0 Å². The van der Waals surface area contributed by atoms with Crippen molar-refractivity contribution >= 4 is 27.5 Å². The van der Waals surface area contributed by atoms with Crippen molar-refractivity contribution in [3.05, 3.63) is 27.7 Å². The lowest BCUT2D eigenvalue weighted by Crippen LogP contribution is -2.47. The van der Waals surface area contributed by atoms with Crippen LogP contribution in [-0.2, 0) is 0 Å². The molecule has 0 bridgehead atoms. The minimum absolute atomic E-state index is 0.0468. The zero-order valence-electron chi connectivity index (χ0n) is 8.76. The lowest BCUT2D eigenvalue weighted by atomic mass is 10.2. The summed E-state index contributed by atoms with van der Waals surface area (Å²) < 4.78 is 43.3. The molecule has 2 nitrogen and oxygen atoms in total. The van der Waals surface area contributed by atoms with Crippen LogP contribution < -0.4 is 10.5 Å². The molecule has 0 spiro atoms. The fraction of sp³-hybridized carbons (Fsp3) is 0.400. The smallest absolute Gasteiger partial charge is 0.426 e. The summed E-state index contributed by atoms with van der Waals surface area (Å²) in [7, 11) is 0. The van der Waals surface area contributed by atoms with Crippen molar-refractivity contribution in [3.8, 4) is 5.75 Å². The first-order chi connectivity index (χ1) is 7.71. The molecule has 2 N–H and O–H groups in total. The molecule has 1 aromatic carbocycles. The molecule has 1 rings (SSSR count). The van der Waals surface area contributed by atoms with Crippen LogP contribution in [0.5, 0.6) is 5.75 Å². The second-order valence-electron chi connectivity index (χ2n) is 3.51. The van der Waals surface area contributed by atoms with Gasteiger partial charge in [0.25, 0.3) is 0 Å². The van der Waals surface area contributed by atoms with E-state index < -0.39 is 18.3 Å². The minimum atomic E-state index is -4.54. The summed E-state index contributed by atoms with van der Waals surface area (Å²) in [5.41, 5.74) is 5.25. The Labute approximate surface area is 110 Å². The van der Waals surface area contributed by atoms with Gasteiger partial charge in [-0.15, -0.1) is 0 Å². The highest BCUT2D eigenvalue weighted by Crippen LogP contribution is 2.32. The van der Waals surface area contributed by atoms with Crippen LogP contribution in [0, 0.1) is 0 Å². The van der Waals surface area contributed by atoms with Crippen molar-refractivity contribution in [1.29, 1.82) is 0 Å². The number of hydrogen-bond donors (Lipinski definition) is 1. The molecule has 0 saturated heterocycles. The van der Waals surface area contributed by atoms with E-state index in [0.717, 1.165) is 0 Å². The Hall–Kier alpha value is -0.460. The molecule has 0 fully saturated rings. The van der Waals surface area contributed by atoms with Gasteiger partial charge in [0.2, 0.25) is 6.10 Å². The standard InChI is InChI=1S/C10H10BrClF3NO/c1-5(16)9(10(13,14)15)17-8-3-2-6(11)4-7(8)12/h2-5,9H,16H2,1H3. The summed E-state index contributed by atoms with van der Waals surface area (Å²) in [5.74, 6) is -0.0468. The summed E-state index contributed by atoms with van der Waals surface area (Å²) in [6, 6.07) is 3.16. The molecular formula is C10H10BrClF3NO. The van der Waals surface area contributed by atoms with Gasteiger partial charge >= 0.3 is 6.18 Å². The maximum absolute atomic E-state index is 12.6. The van der Waals surface area contributed by atoms with Crippen molar-refractivity contribution in [2.75, 3.05) is 0 Å². The van der Waals surface area contributed by atoms with Gasteiger partial charge in [-0.05, 0) is 25.1 Å². The second kappa shape index (κ2) is 5.46. The molecule has 0 saturated carbocycles. The third-order valence-corrected chi connectivity index (χ3v) is 2.74. The van der Waals surface area contributed by atoms with Crippen molar-refractivity contribution < 1.29 is 17.9 Å². The SMILES string of the molecule is CC(N)C(Oc1ccc(Br)cc1Cl)C(F)(F)F. The average molecular weight is 333 g/mol. The van der Waals surface area contributed by atoms with Gasteiger partial charge in [-0.25, -0.2) is 0 Å². The Balaban J connectivity index is 2.94. The Morgan fingerprint density at radius 2 is 2.00 bits per heavy atom. The molecule has 0 aliphatic heterocycles. The molecule has 0 radical (unpaired) electrons. The number of ether oxygens (including phenoxy) is 1. The van der Waals surface area contributed by atoms with E-state index in [1.807, 2.05) is 0 Å². The largest absolute Gasteiger partial charge is 0.478 e. The number of benzene rings is 1. The number of halogens is 5. The van der Waals surface area contributed by atoms with E-state index in [2.05, 4.69) is 15.9 Å². The van der Waals surface area contributed by atoms with Gasteiger partial charge in [0.05, 0.1) is 5.02 Å². The van der Waals surface area contributed by atoms with Gasteiger partial charge in [-0.1, -0.05) is 27.5 Å². The Bertz CT molecular complexity index is 398. The molecule has 2 unspecified atom stereocenters. The number of nitrogens with two attached hydrogens (primary N) is 1. The molecule has 1 aromatic rings. The molecule has 96 valence electrons. The summed E-state index contributed by atoms with van der Waals surface area (Å²) in [5, 5.41) is 0.0919. The van der Waals surface area contributed by atoms with Crippen LogP contribution in [0.3, 0.4) is 0 Å². The van der Waals surface area contributed by atoms with Crippen LogP contribution in [0.15, 0.2) is 22.7 Å². The van der Waals surface area contributed by atoms with Crippen molar-refractivity contribution in [2.24, 2.45) is 5.73 Å². The quantitative estimate of drug-likeness (QED) is 0.915. The fourth-order valence-corrected chi connectivity index (χ4v) is 1.90. The predicted molar refractivity (Wildman–Crippen MR) is 63.3 cm³/mol. The normalized spacial score (nSPS) is 15.5. The molecule has 0 heterocycles.